The number of aliphatic carboxylic acids is 1. The van der Waals surface area contributed by atoms with Crippen LogP contribution in [0.25, 0.3) is 0 Å². The molecule has 0 amide bonds. The smallest absolute Gasteiger partial charge is 0.370 e. The molecule has 56 valence electrons. The van der Waals surface area contributed by atoms with E-state index in [1.54, 1.807) is 6.08 Å². The third-order valence-corrected chi connectivity index (χ3v) is 1.44. The number of hydrogen-bond donors (Lipinski definition) is 1. The summed E-state index contributed by atoms with van der Waals surface area (Å²) in [6.45, 7) is 1.87. The zero-order chi connectivity index (χ0) is 7.56. The quantitative estimate of drug-likeness (QED) is 0.597. The van der Waals surface area contributed by atoms with Gasteiger partial charge in [-0.3, -0.25) is 0 Å². The molecule has 0 aromatic carbocycles. The van der Waals surface area contributed by atoms with Crippen LogP contribution in [0, 0.1) is 0 Å². The molecule has 0 spiro atoms. The number of hydrogen-bond acceptors (Lipinski definition) is 2. The summed E-state index contributed by atoms with van der Waals surface area (Å²) in [5.41, 5.74) is 0. The van der Waals surface area contributed by atoms with Gasteiger partial charge in [-0.15, -0.1) is 0 Å². The van der Waals surface area contributed by atoms with E-state index in [0.29, 0.717) is 0 Å². The van der Waals surface area contributed by atoms with E-state index in [0.717, 1.165) is 12.8 Å². The zero-order valence-corrected chi connectivity index (χ0v) is 5.83. The topological polar surface area (TPSA) is 46.5 Å². The van der Waals surface area contributed by atoms with Crippen LogP contribution >= 0.6 is 0 Å². The van der Waals surface area contributed by atoms with Crippen LogP contribution in [-0.2, 0) is 9.53 Å². The Morgan fingerprint density at radius 3 is 3.00 bits per heavy atom. The minimum absolute atomic E-state index is 0.0519. The average molecular weight is 142 g/mol. The van der Waals surface area contributed by atoms with Crippen molar-refractivity contribution in [1.29, 1.82) is 0 Å². The van der Waals surface area contributed by atoms with Gasteiger partial charge in [-0.2, -0.15) is 0 Å². The Morgan fingerprint density at radius 2 is 2.60 bits per heavy atom. The molecule has 3 heteroatoms. The van der Waals surface area contributed by atoms with Crippen LogP contribution in [0.1, 0.15) is 19.8 Å². The van der Waals surface area contributed by atoms with E-state index >= 15 is 0 Å². The molecule has 3 nitrogen and oxygen atoms in total. The lowest BCUT2D eigenvalue weighted by Gasteiger charge is -2.18. The van der Waals surface area contributed by atoms with Gasteiger partial charge >= 0.3 is 5.97 Å². The molecular weight excluding hydrogens is 132 g/mol. The Hall–Kier alpha value is -0.990. The largest absolute Gasteiger partial charge is 0.484 e. The van der Waals surface area contributed by atoms with Gasteiger partial charge in [-0.1, -0.05) is 0 Å². The standard InChI is InChI=1S/C7H10O3/c1-5-3-2-4-6(10-5)7(8)9/h4-5H,2-3H2,1H3,(H,8,9)/t5-/m0/s1. The fraction of sp³-hybridized carbons (Fsp3) is 0.571. The van der Waals surface area contributed by atoms with Crippen LogP contribution in [-0.4, -0.2) is 17.2 Å². The summed E-state index contributed by atoms with van der Waals surface area (Å²) in [6.07, 6.45) is 3.39. The molecule has 0 bridgehead atoms. The monoisotopic (exact) mass is 142 g/mol. The third-order valence-electron chi connectivity index (χ3n) is 1.44. The Morgan fingerprint density at radius 1 is 1.90 bits per heavy atom. The normalized spacial score (nSPS) is 24.9. The molecule has 0 saturated heterocycles. The number of rotatable bonds is 1. The average Bonchev–Trinajstić information content (AvgIpc) is 1.88. The predicted molar refractivity (Wildman–Crippen MR) is 35.5 cm³/mol. The maximum atomic E-state index is 10.3. The molecule has 0 aromatic rings. The van der Waals surface area contributed by atoms with Crippen molar-refractivity contribution in [3.8, 4) is 0 Å². The van der Waals surface area contributed by atoms with Gasteiger partial charge in [-0.05, 0) is 25.8 Å². The number of allylic oxidation sites excluding steroid dienone is 1. The fourth-order valence-corrected chi connectivity index (χ4v) is 0.911. The Kier molecular flexibility index (Phi) is 1.94. The molecule has 1 N–H and O–H groups in total. The Bertz CT molecular complexity index is 172. The first-order chi connectivity index (χ1) is 4.70. The molecule has 1 atom stereocenters. The second-order valence-corrected chi connectivity index (χ2v) is 2.38. The fourth-order valence-electron chi connectivity index (χ4n) is 0.911. The summed E-state index contributed by atoms with van der Waals surface area (Å²) >= 11 is 0. The molecule has 10 heavy (non-hydrogen) atoms. The molecule has 0 radical (unpaired) electrons. The highest BCUT2D eigenvalue weighted by atomic mass is 16.5. The van der Waals surface area contributed by atoms with E-state index < -0.39 is 5.97 Å². The molecule has 1 rings (SSSR count). The van der Waals surface area contributed by atoms with Gasteiger partial charge in [0.25, 0.3) is 0 Å². The molecule has 0 fully saturated rings. The predicted octanol–water partition coefficient (Wildman–Crippen LogP) is 1.15. The van der Waals surface area contributed by atoms with E-state index in [1.165, 1.54) is 0 Å². The second-order valence-electron chi connectivity index (χ2n) is 2.38. The number of carbonyl (C=O) groups is 1. The minimum Gasteiger partial charge on any atom is -0.484 e. The first-order valence-corrected chi connectivity index (χ1v) is 3.30. The van der Waals surface area contributed by atoms with Crippen molar-refractivity contribution in [1.82, 2.24) is 0 Å². The summed E-state index contributed by atoms with van der Waals surface area (Å²) in [4.78, 5) is 10.3. The molecule has 1 aliphatic rings. The molecule has 0 aliphatic carbocycles. The highest BCUT2D eigenvalue weighted by Gasteiger charge is 2.16. The lowest BCUT2D eigenvalue weighted by molar-refractivity contribution is -0.138. The van der Waals surface area contributed by atoms with Crippen LogP contribution in [0.2, 0.25) is 0 Å². The maximum Gasteiger partial charge on any atom is 0.370 e. The maximum absolute atomic E-state index is 10.3. The van der Waals surface area contributed by atoms with E-state index in [1.807, 2.05) is 6.92 Å². The molecule has 0 unspecified atom stereocenters. The van der Waals surface area contributed by atoms with Crippen molar-refractivity contribution in [3.05, 3.63) is 11.8 Å². The first kappa shape index (κ1) is 7.12. The molecule has 1 aliphatic heterocycles. The second kappa shape index (κ2) is 2.73. The van der Waals surface area contributed by atoms with E-state index in [9.17, 15) is 4.79 Å². The van der Waals surface area contributed by atoms with Gasteiger partial charge in [0.1, 0.15) is 0 Å². The van der Waals surface area contributed by atoms with Crippen molar-refractivity contribution < 1.29 is 14.6 Å². The van der Waals surface area contributed by atoms with Crippen LogP contribution in [0.5, 0.6) is 0 Å². The van der Waals surface area contributed by atoms with Gasteiger partial charge in [0.2, 0.25) is 5.76 Å². The van der Waals surface area contributed by atoms with Gasteiger partial charge < -0.3 is 9.84 Å². The highest BCUT2D eigenvalue weighted by Crippen LogP contribution is 2.15. The van der Waals surface area contributed by atoms with Crippen LogP contribution in [0.4, 0.5) is 0 Å². The summed E-state index contributed by atoms with van der Waals surface area (Å²) in [5, 5.41) is 8.46. The van der Waals surface area contributed by atoms with Crippen molar-refractivity contribution >= 4 is 5.97 Å². The molecule has 1 heterocycles. The summed E-state index contributed by atoms with van der Waals surface area (Å²) in [7, 11) is 0. The van der Waals surface area contributed by atoms with E-state index in [4.69, 9.17) is 9.84 Å². The van der Waals surface area contributed by atoms with Gasteiger partial charge in [-0.25, -0.2) is 4.79 Å². The lowest BCUT2D eigenvalue weighted by Crippen LogP contribution is -2.16. The lowest BCUT2D eigenvalue weighted by atomic mass is 10.1. The molecule has 0 aromatic heterocycles. The number of ether oxygens (including phenoxy) is 1. The van der Waals surface area contributed by atoms with Crippen molar-refractivity contribution in [3.63, 3.8) is 0 Å². The Balaban J connectivity index is 2.60. The Labute approximate surface area is 59.3 Å². The van der Waals surface area contributed by atoms with Gasteiger partial charge in [0, 0.05) is 0 Å². The SMILES string of the molecule is C[C@H]1CCC=C(C(=O)O)O1. The third kappa shape index (κ3) is 1.50. The summed E-state index contributed by atoms with van der Waals surface area (Å²) in [6, 6.07) is 0. The number of carboxylic acid groups (broad SMARTS) is 1. The van der Waals surface area contributed by atoms with E-state index in [-0.39, 0.29) is 11.9 Å². The van der Waals surface area contributed by atoms with Gasteiger partial charge in [0.05, 0.1) is 6.10 Å². The van der Waals surface area contributed by atoms with Crippen molar-refractivity contribution in [2.45, 2.75) is 25.9 Å². The van der Waals surface area contributed by atoms with Crippen molar-refractivity contribution in [2.24, 2.45) is 0 Å². The van der Waals surface area contributed by atoms with Gasteiger partial charge in [0.15, 0.2) is 0 Å². The summed E-state index contributed by atoms with van der Waals surface area (Å²) in [5.74, 6) is -0.870. The molecular formula is C7H10O3. The van der Waals surface area contributed by atoms with Crippen LogP contribution in [0.15, 0.2) is 11.8 Å². The number of carboxylic acids is 1. The molecule has 0 saturated carbocycles. The van der Waals surface area contributed by atoms with Crippen LogP contribution in [0.3, 0.4) is 0 Å². The van der Waals surface area contributed by atoms with E-state index in [2.05, 4.69) is 0 Å². The van der Waals surface area contributed by atoms with Crippen LogP contribution < -0.4 is 0 Å². The summed E-state index contributed by atoms with van der Waals surface area (Å²) < 4.78 is 5.01. The first-order valence-electron chi connectivity index (χ1n) is 3.30. The minimum atomic E-state index is -0.966. The highest BCUT2D eigenvalue weighted by molar-refractivity contribution is 5.84. The zero-order valence-electron chi connectivity index (χ0n) is 5.83. The van der Waals surface area contributed by atoms with Crippen molar-refractivity contribution in [2.75, 3.05) is 0 Å².